The molecule has 0 aromatic heterocycles. The van der Waals surface area contributed by atoms with Gasteiger partial charge < -0.3 is 0 Å². The number of hydrogen-bond acceptors (Lipinski definition) is 5. The summed E-state index contributed by atoms with van der Waals surface area (Å²) in [5.41, 5.74) is -0.685. The molecule has 2 rings (SSSR count). The number of amides is 4. The molecule has 0 atom stereocenters. The molecule has 4 amide bonds. The Labute approximate surface area is 181 Å². The van der Waals surface area contributed by atoms with Crippen LogP contribution in [-0.2, 0) is 19.2 Å². The summed E-state index contributed by atoms with van der Waals surface area (Å²) in [4.78, 5) is 47.3. The summed E-state index contributed by atoms with van der Waals surface area (Å²) >= 11 is 2.62. The molecule has 2 heterocycles. The Balaban J connectivity index is 0. The molecule has 164 valence electrons. The number of carbonyl (C=O) groups excluding carboxylic acids is 4. The van der Waals surface area contributed by atoms with Gasteiger partial charge in [0.15, 0.2) is 0 Å². The molecule has 2 aliphatic heterocycles. The molecule has 6 nitrogen and oxygen atoms in total. The van der Waals surface area contributed by atoms with Gasteiger partial charge in [0, 0.05) is 36.8 Å². The maximum atomic E-state index is 11.1. The third-order valence-electron chi connectivity index (χ3n) is 3.44. The van der Waals surface area contributed by atoms with Gasteiger partial charge in [0.25, 0.3) is 0 Å². The van der Waals surface area contributed by atoms with Crippen LogP contribution in [0.1, 0.15) is 67.2 Å². The zero-order valence-corrected chi connectivity index (χ0v) is 21.7. The van der Waals surface area contributed by atoms with E-state index in [1.807, 2.05) is 54.1 Å². The zero-order chi connectivity index (χ0) is 22.7. The molecule has 0 unspecified atom stereocenters. The molecule has 2 saturated heterocycles. The van der Waals surface area contributed by atoms with Crippen LogP contribution in [0, 0.1) is 0 Å². The van der Waals surface area contributed by atoms with E-state index >= 15 is 0 Å². The van der Waals surface area contributed by atoms with Crippen LogP contribution in [0.4, 0.5) is 0 Å². The van der Waals surface area contributed by atoms with Crippen molar-refractivity contribution in [3.05, 3.63) is 0 Å². The van der Waals surface area contributed by atoms with Gasteiger partial charge >= 0.3 is 26.6 Å². The van der Waals surface area contributed by atoms with E-state index in [9.17, 15) is 19.2 Å². The first-order valence-corrected chi connectivity index (χ1v) is 14.3. The molecule has 8 heteroatoms. The van der Waals surface area contributed by atoms with Gasteiger partial charge in [-0.3, -0.25) is 29.0 Å². The van der Waals surface area contributed by atoms with E-state index in [1.165, 1.54) is 9.80 Å². The first-order chi connectivity index (χ1) is 12.7. The fraction of sp³-hybridized carbons (Fsp3) is 0.800. The molecule has 0 aromatic rings. The van der Waals surface area contributed by atoms with E-state index in [2.05, 4.69) is 11.6 Å². The second-order valence-corrected chi connectivity index (χ2v) is 10.9. The predicted molar refractivity (Wildman–Crippen MR) is 119 cm³/mol. The van der Waals surface area contributed by atoms with Gasteiger partial charge in [0.2, 0.25) is 23.6 Å². The minimum atomic E-state index is -0.343. The normalized spacial score (nSPS) is 16.8. The first-order valence-electron chi connectivity index (χ1n) is 9.21. The van der Waals surface area contributed by atoms with E-state index in [1.54, 1.807) is 11.8 Å². The van der Waals surface area contributed by atoms with Crippen molar-refractivity contribution in [2.45, 2.75) is 89.9 Å². The van der Waals surface area contributed by atoms with E-state index in [0.29, 0.717) is 25.7 Å². The molecule has 0 aromatic carbocycles. The molecule has 0 saturated carbocycles. The number of likely N-dealkylation sites (tertiary alicyclic amines) is 2. The summed E-state index contributed by atoms with van der Waals surface area (Å²) in [7, 11) is 0. The SMILES string of the molecule is CC(C)(C)N1C(=O)CCC1=O.CC(C)(C)N1C(=O)CCC1=O.CSC.C[Se]C. The van der Waals surface area contributed by atoms with Crippen molar-refractivity contribution in [2.75, 3.05) is 12.5 Å². The molecular formula is C20H38N2O4SSe. The first kappa shape index (κ1) is 29.4. The van der Waals surface area contributed by atoms with E-state index in [-0.39, 0.29) is 34.7 Å². The number of nitrogens with zero attached hydrogens (tertiary/aromatic N) is 2. The number of carbonyl (C=O) groups is 4. The minimum absolute atomic E-state index is 0.0394. The van der Waals surface area contributed by atoms with Gasteiger partial charge in [-0.05, 0) is 54.1 Å². The second kappa shape index (κ2) is 13.4. The standard InChI is InChI=1S/2C8H13NO2.C2H6S.C2H6Se/c2*1-8(2,3)9-6(10)4-5-7(9)11;2*1-3-2/h2*4-5H2,1-3H3;2*1-2H3. The van der Waals surface area contributed by atoms with Gasteiger partial charge in [-0.1, -0.05) is 0 Å². The fourth-order valence-corrected chi connectivity index (χ4v) is 2.65. The number of hydrogen-bond donors (Lipinski definition) is 0. The van der Waals surface area contributed by atoms with Crippen LogP contribution in [0.2, 0.25) is 11.6 Å². The Bertz CT molecular complexity index is 459. The van der Waals surface area contributed by atoms with Gasteiger partial charge in [-0.2, -0.15) is 11.8 Å². The Kier molecular flexibility index (Phi) is 14.0. The van der Waals surface area contributed by atoms with Crippen molar-refractivity contribution in [1.29, 1.82) is 0 Å². The third-order valence-corrected chi connectivity index (χ3v) is 3.44. The van der Waals surface area contributed by atoms with Crippen LogP contribution in [-0.4, -0.2) is 72.0 Å². The molecule has 2 fully saturated rings. The monoisotopic (exact) mass is 482 g/mol. The second-order valence-electron chi connectivity index (χ2n) is 8.40. The van der Waals surface area contributed by atoms with Crippen molar-refractivity contribution in [3.8, 4) is 0 Å². The Hall–Kier alpha value is -0.851. The molecule has 0 radical (unpaired) electrons. The van der Waals surface area contributed by atoms with Gasteiger partial charge in [0.05, 0.1) is 0 Å². The van der Waals surface area contributed by atoms with Crippen LogP contribution in [0.25, 0.3) is 0 Å². The zero-order valence-electron chi connectivity index (χ0n) is 19.2. The van der Waals surface area contributed by atoms with Gasteiger partial charge in [-0.15, -0.1) is 0 Å². The summed E-state index contributed by atoms with van der Waals surface area (Å²) in [5, 5.41) is 0. The van der Waals surface area contributed by atoms with Gasteiger partial charge in [0.1, 0.15) is 0 Å². The number of thioether (sulfide) groups is 1. The summed E-state index contributed by atoms with van der Waals surface area (Å²) in [6.07, 6.45) is 5.62. The van der Waals surface area contributed by atoms with Crippen molar-refractivity contribution >= 4 is 50.3 Å². The Morgan fingerprint density at radius 1 is 0.643 bits per heavy atom. The van der Waals surface area contributed by atoms with Crippen molar-refractivity contribution < 1.29 is 19.2 Å². The topological polar surface area (TPSA) is 74.8 Å². The van der Waals surface area contributed by atoms with E-state index in [4.69, 9.17) is 0 Å². The van der Waals surface area contributed by atoms with Crippen LogP contribution in [0.3, 0.4) is 0 Å². The maximum absolute atomic E-state index is 11.1. The van der Waals surface area contributed by atoms with Crippen LogP contribution in [0.5, 0.6) is 0 Å². The number of imide groups is 2. The van der Waals surface area contributed by atoms with Crippen molar-refractivity contribution in [3.63, 3.8) is 0 Å². The van der Waals surface area contributed by atoms with Gasteiger partial charge in [-0.25, -0.2) is 0 Å². The van der Waals surface area contributed by atoms with Crippen molar-refractivity contribution in [2.24, 2.45) is 0 Å². The van der Waals surface area contributed by atoms with Crippen molar-refractivity contribution in [1.82, 2.24) is 9.80 Å². The molecule has 2 aliphatic rings. The Morgan fingerprint density at radius 3 is 0.857 bits per heavy atom. The summed E-state index contributed by atoms with van der Waals surface area (Å²) in [6.45, 7) is 11.2. The molecular weight excluding hydrogens is 443 g/mol. The van der Waals surface area contributed by atoms with Crippen LogP contribution in [0.15, 0.2) is 0 Å². The van der Waals surface area contributed by atoms with E-state index in [0.717, 1.165) is 15.0 Å². The quantitative estimate of drug-likeness (QED) is 0.390. The fourth-order valence-electron chi connectivity index (χ4n) is 2.65. The average molecular weight is 482 g/mol. The predicted octanol–water partition coefficient (Wildman–Crippen LogP) is 3.63. The number of rotatable bonds is 0. The summed E-state index contributed by atoms with van der Waals surface area (Å²) in [6, 6.07) is 0. The third kappa shape index (κ3) is 10.6. The summed E-state index contributed by atoms with van der Waals surface area (Å²) in [5.74, 6) is 4.22. The summed E-state index contributed by atoms with van der Waals surface area (Å²) < 4.78 is 0. The van der Waals surface area contributed by atoms with Crippen LogP contribution >= 0.6 is 11.8 Å². The molecule has 0 bridgehead atoms. The molecule has 0 N–H and O–H groups in total. The Morgan fingerprint density at radius 2 is 0.786 bits per heavy atom. The molecule has 28 heavy (non-hydrogen) atoms. The molecule has 0 spiro atoms. The molecule has 0 aliphatic carbocycles. The average Bonchev–Trinajstić information content (AvgIpc) is 3.02. The van der Waals surface area contributed by atoms with Crippen LogP contribution < -0.4 is 0 Å². The van der Waals surface area contributed by atoms with E-state index < -0.39 is 0 Å².